The number of hydrogen-bond donors (Lipinski definition) is 0. The number of hydrogen-bond acceptors (Lipinski definition) is 3. The van der Waals surface area contributed by atoms with Crippen molar-refractivity contribution in [2.24, 2.45) is 0 Å². The van der Waals surface area contributed by atoms with Gasteiger partial charge in [-0.2, -0.15) is 0 Å². The third-order valence-electron chi connectivity index (χ3n) is 0. The van der Waals surface area contributed by atoms with Gasteiger partial charge in [-0.25, -0.2) is 0 Å². The molecule has 4 radical (unpaired) electrons. The summed E-state index contributed by atoms with van der Waals surface area (Å²) in [5.41, 5.74) is 0. The first kappa shape index (κ1) is 15.7. The van der Waals surface area contributed by atoms with E-state index < -0.39 is 9.17 Å². The van der Waals surface area contributed by atoms with E-state index in [2.05, 4.69) is 0 Å². The van der Waals surface area contributed by atoms with Crippen LogP contribution in [-0.4, -0.2) is 53.8 Å². The second-order valence-electron chi connectivity index (χ2n) is 0.250. The van der Waals surface area contributed by atoms with Crippen LogP contribution in [0.2, 0.25) is 0 Å². The van der Waals surface area contributed by atoms with Gasteiger partial charge in [0.2, 0.25) is 0 Å². The molecular formula is AlO3PbSi+. The van der Waals surface area contributed by atoms with E-state index >= 15 is 0 Å². The van der Waals surface area contributed by atoms with Crippen LogP contribution in [0.15, 0.2) is 0 Å². The van der Waals surface area contributed by atoms with Gasteiger partial charge in [0.15, 0.2) is 0 Å². The summed E-state index contributed by atoms with van der Waals surface area (Å²) in [5, 5.41) is 0. The fraction of sp³-hybridized carbons (Fsp3) is 0. The molecule has 0 aromatic carbocycles. The van der Waals surface area contributed by atoms with Crippen molar-refractivity contribution in [2.75, 3.05) is 0 Å². The third-order valence-corrected chi connectivity index (χ3v) is 0. The molecule has 0 aliphatic rings. The molecule has 0 saturated carbocycles. The van der Waals surface area contributed by atoms with Gasteiger partial charge in [-0.05, 0) is 0 Å². The molecule has 0 aromatic rings. The second-order valence-corrected chi connectivity index (χ2v) is 0.750. The maximum Gasteiger partial charge on any atom is 3.00 e. The Morgan fingerprint density at radius 3 is 1.33 bits per heavy atom. The molecule has 0 spiro atoms. The van der Waals surface area contributed by atoms with Crippen molar-refractivity contribution in [3.05, 3.63) is 0 Å². The van der Waals surface area contributed by atoms with Crippen molar-refractivity contribution in [3.8, 4) is 0 Å². The molecule has 6 heavy (non-hydrogen) atoms. The normalized spacial score (nSPS) is 4.00. The molecule has 0 unspecified atom stereocenters. The maximum absolute atomic E-state index is 8.52. The van der Waals surface area contributed by atoms with E-state index in [1.54, 1.807) is 0 Å². The zero-order valence-electron chi connectivity index (χ0n) is 2.80. The quantitative estimate of drug-likeness (QED) is 0.434. The van der Waals surface area contributed by atoms with Gasteiger partial charge in [0.05, 0.1) is 0 Å². The van der Waals surface area contributed by atoms with Crippen LogP contribution in [0.5, 0.6) is 0 Å². The Morgan fingerprint density at radius 2 is 1.33 bits per heavy atom. The fourth-order valence-corrected chi connectivity index (χ4v) is 0. The average molecular weight is 310 g/mol. The van der Waals surface area contributed by atoms with Gasteiger partial charge < -0.3 is 14.1 Å². The summed E-state index contributed by atoms with van der Waals surface area (Å²) in [6.07, 6.45) is 0. The average Bonchev–Trinajstić information content (AvgIpc) is 0.811. The van der Waals surface area contributed by atoms with E-state index in [4.69, 9.17) is 14.1 Å². The summed E-state index contributed by atoms with van der Waals surface area (Å²) in [4.78, 5) is 17.0. The van der Waals surface area contributed by atoms with Gasteiger partial charge in [-0.1, -0.05) is 0 Å². The topological polar surface area (TPSA) is 63.2 Å². The van der Waals surface area contributed by atoms with E-state index in [0.29, 0.717) is 0 Å². The molecule has 0 aliphatic carbocycles. The Hall–Kier alpha value is 1.07. The van der Waals surface area contributed by atoms with Crippen LogP contribution in [0.1, 0.15) is 0 Å². The maximum atomic E-state index is 8.52. The minimum atomic E-state index is -3.63. The van der Waals surface area contributed by atoms with Gasteiger partial charge in [0, 0.05) is 36.5 Å². The van der Waals surface area contributed by atoms with Gasteiger partial charge >= 0.3 is 17.4 Å². The molecule has 0 N–H and O–H groups in total. The van der Waals surface area contributed by atoms with E-state index in [1.807, 2.05) is 0 Å². The van der Waals surface area contributed by atoms with Crippen molar-refractivity contribution in [3.63, 3.8) is 0 Å². The standard InChI is InChI=1S/Al.O3Si.Pb/c;1-4(2)3;/q+3;-2;. The van der Waals surface area contributed by atoms with E-state index in [9.17, 15) is 0 Å². The van der Waals surface area contributed by atoms with Gasteiger partial charge in [-0.3, -0.25) is 0 Å². The first-order chi connectivity index (χ1) is 1.73. The Balaban J connectivity index is -0.0000000450. The van der Waals surface area contributed by atoms with Crippen molar-refractivity contribution >= 4 is 53.8 Å². The predicted octanol–water partition coefficient (Wildman–Crippen LogP) is -3.64. The van der Waals surface area contributed by atoms with Crippen LogP contribution in [0.3, 0.4) is 0 Å². The summed E-state index contributed by atoms with van der Waals surface area (Å²) in [5.74, 6) is 0. The Kier molecular flexibility index (Phi) is 24.7. The van der Waals surface area contributed by atoms with Crippen molar-refractivity contribution in [1.82, 2.24) is 0 Å². The van der Waals surface area contributed by atoms with Gasteiger partial charge in [0.1, 0.15) is 0 Å². The summed E-state index contributed by atoms with van der Waals surface area (Å²) in [6.45, 7) is 0. The van der Waals surface area contributed by atoms with Crippen LogP contribution in [-0.2, 0) is 4.46 Å². The summed E-state index contributed by atoms with van der Waals surface area (Å²) < 4.78 is 8.52. The number of rotatable bonds is 0. The molecule has 0 saturated heterocycles. The third kappa shape index (κ3) is 73.2. The Labute approximate surface area is 67.6 Å². The minimum Gasteiger partial charge on any atom is -0.672 e. The molecule has 0 bridgehead atoms. The molecule has 28 valence electrons. The first-order valence-corrected chi connectivity index (χ1v) is 1.84. The summed E-state index contributed by atoms with van der Waals surface area (Å²) >= 11 is 0. The first-order valence-electron chi connectivity index (χ1n) is 0.612. The molecular weight excluding hydrogens is 310 g/mol. The van der Waals surface area contributed by atoms with Crippen LogP contribution < -0.4 is 9.59 Å². The molecule has 0 aliphatic heterocycles. The minimum absolute atomic E-state index is 0. The van der Waals surface area contributed by atoms with Gasteiger partial charge in [0.25, 0.3) is 0 Å². The summed E-state index contributed by atoms with van der Waals surface area (Å²) in [6, 6.07) is 0. The molecule has 6 heteroatoms. The Bertz CT molecular complexity index is 33.8. The van der Waals surface area contributed by atoms with Crippen molar-refractivity contribution < 1.29 is 14.1 Å². The van der Waals surface area contributed by atoms with Crippen LogP contribution in [0.4, 0.5) is 0 Å². The molecule has 0 amide bonds. The monoisotopic (exact) mass is 311 g/mol. The molecule has 0 heterocycles. The zero-order valence-corrected chi connectivity index (χ0v) is 8.84. The zero-order chi connectivity index (χ0) is 3.58. The van der Waals surface area contributed by atoms with Crippen LogP contribution >= 0.6 is 0 Å². The molecule has 0 fully saturated rings. The molecule has 0 atom stereocenters. The second kappa shape index (κ2) is 9.42. The predicted molar refractivity (Wildman–Crippen MR) is 17.9 cm³/mol. The summed E-state index contributed by atoms with van der Waals surface area (Å²) in [7, 11) is -3.63. The van der Waals surface area contributed by atoms with E-state index in [-0.39, 0.29) is 44.7 Å². The fourth-order valence-electron chi connectivity index (χ4n) is 0. The molecule has 0 aromatic heterocycles. The van der Waals surface area contributed by atoms with E-state index in [1.165, 1.54) is 0 Å². The smallest absolute Gasteiger partial charge is 0.672 e. The SMILES string of the molecule is O=[Si]([O-])[O-].[Al+3].[Pb]. The van der Waals surface area contributed by atoms with Crippen molar-refractivity contribution in [2.45, 2.75) is 0 Å². The van der Waals surface area contributed by atoms with Crippen molar-refractivity contribution in [1.29, 1.82) is 0 Å². The van der Waals surface area contributed by atoms with E-state index in [0.717, 1.165) is 0 Å². The Morgan fingerprint density at radius 1 is 1.33 bits per heavy atom. The van der Waals surface area contributed by atoms with Gasteiger partial charge in [-0.15, -0.1) is 0 Å². The molecule has 0 rings (SSSR count). The largest absolute Gasteiger partial charge is 3.00 e. The molecule has 3 nitrogen and oxygen atoms in total. The van der Waals surface area contributed by atoms with Crippen LogP contribution in [0.25, 0.3) is 0 Å². The van der Waals surface area contributed by atoms with Crippen LogP contribution in [0, 0.1) is 0 Å².